The van der Waals surface area contributed by atoms with Gasteiger partial charge in [-0.25, -0.2) is 0 Å². The zero-order chi connectivity index (χ0) is 16.1. The summed E-state index contributed by atoms with van der Waals surface area (Å²) in [6.07, 6.45) is 0. The highest BCUT2D eigenvalue weighted by Crippen LogP contribution is 2.22. The van der Waals surface area contributed by atoms with Gasteiger partial charge in [-0.3, -0.25) is 14.5 Å². The van der Waals surface area contributed by atoms with E-state index in [4.69, 9.17) is 9.31 Å². The molecule has 22 heavy (non-hydrogen) atoms. The van der Waals surface area contributed by atoms with E-state index in [0.717, 1.165) is 5.56 Å². The standard InChI is InChI=1S/C15H21BN2O4/c1-17(2)9-13(12-7-5-4-6-8-12)16-21-14(19)10-18(3)11-15(20)22-16/h4-8,13H,9-11H2,1-3H3. The molecule has 2 rings (SSSR count). The molecule has 6 nitrogen and oxygen atoms in total. The number of rotatable bonds is 4. The van der Waals surface area contributed by atoms with Crippen molar-refractivity contribution in [2.75, 3.05) is 40.8 Å². The first-order valence-electron chi connectivity index (χ1n) is 7.23. The summed E-state index contributed by atoms with van der Waals surface area (Å²) in [7, 11) is 4.63. The van der Waals surface area contributed by atoms with Crippen molar-refractivity contribution in [3.8, 4) is 0 Å². The third-order valence-electron chi connectivity index (χ3n) is 3.41. The van der Waals surface area contributed by atoms with Gasteiger partial charge in [-0.05, 0) is 26.7 Å². The Morgan fingerprint density at radius 1 is 1.14 bits per heavy atom. The number of benzene rings is 1. The van der Waals surface area contributed by atoms with Gasteiger partial charge in [-0.1, -0.05) is 30.3 Å². The Morgan fingerprint density at radius 3 is 2.18 bits per heavy atom. The molecule has 1 atom stereocenters. The van der Waals surface area contributed by atoms with E-state index in [2.05, 4.69) is 0 Å². The van der Waals surface area contributed by atoms with Gasteiger partial charge in [0.1, 0.15) is 0 Å². The maximum absolute atomic E-state index is 11.9. The molecular formula is C15H21BN2O4. The third kappa shape index (κ3) is 4.57. The summed E-state index contributed by atoms with van der Waals surface area (Å²) in [5.74, 6) is -1.01. The van der Waals surface area contributed by atoms with Crippen LogP contribution in [0.4, 0.5) is 0 Å². The lowest BCUT2D eigenvalue weighted by Crippen LogP contribution is -2.47. The minimum atomic E-state index is -0.904. The molecule has 1 aliphatic rings. The van der Waals surface area contributed by atoms with E-state index in [9.17, 15) is 9.59 Å². The van der Waals surface area contributed by atoms with Crippen molar-refractivity contribution in [1.29, 1.82) is 0 Å². The molecule has 0 amide bonds. The molecule has 0 bridgehead atoms. The molecule has 0 N–H and O–H groups in total. The summed E-state index contributed by atoms with van der Waals surface area (Å²) in [6, 6.07) is 9.64. The normalized spacial score (nSPS) is 18.5. The summed E-state index contributed by atoms with van der Waals surface area (Å²) in [5.41, 5.74) is 0.968. The van der Waals surface area contributed by atoms with E-state index in [0.29, 0.717) is 6.54 Å². The van der Waals surface area contributed by atoms with E-state index in [1.54, 1.807) is 11.9 Å². The zero-order valence-electron chi connectivity index (χ0n) is 13.2. The second-order valence-corrected chi connectivity index (χ2v) is 5.80. The van der Waals surface area contributed by atoms with E-state index in [1.807, 2.05) is 49.3 Å². The molecule has 0 aliphatic carbocycles. The van der Waals surface area contributed by atoms with Crippen LogP contribution < -0.4 is 0 Å². The number of carbonyl (C=O) groups is 2. The first-order valence-corrected chi connectivity index (χ1v) is 7.23. The predicted molar refractivity (Wildman–Crippen MR) is 83.2 cm³/mol. The van der Waals surface area contributed by atoms with Gasteiger partial charge < -0.3 is 14.2 Å². The van der Waals surface area contributed by atoms with Gasteiger partial charge in [0, 0.05) is 6.54 Å². The molecule has 0 radical (unpaired) electrons. The van der Waals surface area contributed by atoms with Gasteiger partial charge in [-0.15, -0.1) is 0 Å². The average molecular weight is 304 g/mol. The molecule has 0 aromatic heterocycles. The van der Waals surface area contributed by atoms with Crippen LogP contribution in [0.5, 0.6) is 0 Å². The lowest BCUT2D eigenvalue weighted by molar-refractivity contribution is -0.146. The molecule has 1 aliphatic heterocycles. The lowest BCUT2D eigenvalue weighted by Gasteiger charge is -2.28. The second kappa shape index (κ2) is 7.42. The van der Waals surface area contributed by atoms with Crippen molar-refractivity contribution in [2.24, 2.45) is 0 Å². The van der Waals surface area contributed by atoms with Crippen LogP contribution >= 0.6 is 0 Å². The topological polar surface area (TPSA) is 59.1 Å². The van der Waals surface area contributed by atoms with Crippen molar-refractivity contribution in [1.82, 2.24) is 9.80 Å². The van der Waals surface area contributed by atoms with Crippen molar-refractivity contribution >= 4 is 19.1 Å². The maximum atomic E-state index is 11.9. The van der Waals surface area contributed by atoms with Gasteiger partial charge in [-0.2, -0.15) is 0 Å². The van der Waals surface area contributed by atoms with Gasteiger partial charge >= 0.3 is 19.1 Å². The van der Waals surface area contributed by atoms with Crippen LogP contribution in [0.15, 0.2) is 30.3 Å². The summed E-state index contributed by atoms with van der Waals surface area (Å²) in [5, 5.41) is 0. The Kier molecular flexibility index (Phi) is 5.57. The Morgan fingerprint density at radius 2 is 1.68 bits per heavy atom. The highest BCUT2D eigenvalue weighted by atomic mass is 16.6. The molecule has 0 spiro atoms. The molecule has 1 aromatic carbocycles. The van der Waals surface area contributed by atoms with Crippen molar-refractivity contribution in [3.05, 3.63) is 35.9 Å². The van der Waals surface area contributed by atoms with Crippen molar-refractivity contribution in [2.45, 2.75) is 5.82 Å². The monoisotopic (exact) mass is 304 g/mol. The number of nitrogens with zero attached hydrogens (tertiary/aromatic N) is 2. The summed E-state index contributed by atoms with van der Waals surface area (Å²) < 4.78 is 10.8. The molecule has 118 valence electrons. The van der Waals surface area contributed by atoms with Crippen LogP contribution in [0, 0.1) is 0 Å². The molecular weight excluding hydrogens is 283 g/mol. The van der Waals surface area contributed by atoms with Gasteiger partial charge in [0.05, 0.1) is 18.9 Å². The van der Waals surface area contributed by atoms with E-state index in [1.165, 1.54) is 0 Å². The molecule has 1 heterocycles. The molecule has 7 heteroatoms. The highest BCUT2D eigenvalue weighted by molar-refractivity contribution is 6.51. The molecule has 1 fully saturated rings. The first kappa shape index (κ1) is 16.5. The van der Waals surface area contributed by atoms with Crippen molar-refractivity contribution < 1.29 is 18.9 Å². The molecule has 1 unspecified atom stereocenters. The smallest absolute Gasteiger partial charge is 0.498 e. The maximum Gasteiger partial charge on any atom is 0.607 e. The number of hydrogen-bond donors (Lipinski definition) is 0. The Bertz CT molecular complexity index is 504. The van der Waals surface area contributed by atoms with Crippen LogP contribution in [0.3, 0.4) is 0 Å². The molecule has 1 saturated heterocycles. The van der Waals surface area contributed by atoms with Crippen LogP contribution in [0.1, 0.15) is 11.4 Å². The third-order valence-corrected chi connectivity index (χ3v) is 3.41. The fraction of sp³-hybridized carbons (Fsp3) is 0.467. The Hall–Kier alpha value is -1.86. The average Bonchev–Trinajstić information content (AvgIpc) is 2.43. The van der Waals surface area contributed by atoms with Crippen LogP contribution in [-0.2, 0) is 18.9 Å². The largest absolute Gasteiger partial charge is 0.607 e. The van der Waals surface area contributed by atoms with Crippen molar-refractivity contribution in [3.63, 3.8) is 0 Å². The zero-order valence-corrected chi connectivity index (χ0v) is 13.2. The van der Waals surface area contributed by atoms with Crippen LogP contribution in [0.2, 0.25) is 0 Å². The lowest BCUT2D eigenvalue weighted by atomic mass is 9.67. The van der Waals surface area contributed by atoms with E-state index in [-0.39, 0.29) is 30.8 Å². The number of likely N-dealkylation sites (N-methyl/N-ethyl adjacent to an activating group) is 2. The SMILES string of the molecule is CN(C)CC(B1OC(=O)CN(C)CC(=O)O1)c1ccccc1. The molecule has 0 saturated carbocycles. The Labute approximate surface area is 131 Å². The fourth-order valence-electron chi connectivity index (χ4n) is 2.46. The number of hydrogen-bond acceptors (Lipinski definition) is 6. The predicted octanol–water partition coefficient (Wildman–Crippen LogP) is 0.391. The van der Waals surface area contributed by atoms with Gasteiger partial charge in [0.25, 0.3) is 0 Å². The van der Waals surface area contributed by atoms with E-state index < -0.39 is 7.12 Å². The van der Waals surface area contributed by atoms with Crippen LogP contribution in [-0.4, -0.2) is 69.6 Å². The van der Waals surface area contributed by atoms with Gasteiger partial charge in [0.15, 0.2) is 0 Å². The fourth-order valence-corrected chi connectivity index (χ4v) is 2.46. The summed E-state index contributed by atoms with van der Waals surface area (Å²) >= 11 is 0. The van der Waals surface area contributed by atoms with E-state index >= 15 is 0 Å². The highest BCUT2D eigenvalue weighted by Gasteiger charge is 2.40. The minimum absolute atomic E-state index is 0.0784. The Balaban J connectivity index is 2.24. The number of carbonyl (C=O) groups excluding carboxylic acids is 2. The summed E-state index contributed by atoms with van der Waals surface area (Å²) in [4.78, 5) is 27.4. The summed E-state index contributed by atoms with van der Waals surface area (Å²) in [6.45, 7) is 0.759. The van der Waals surface area contributed by atoms with Crippen LogP contribution in [0.25, 0.3) is 0 Å². The quantitative estimate of drug-likeness (QED) is 0.750. The molecule has 1 aromatic rings. The minimum Gasteiger partial charge on any atom is -0.498 e. The second-order valence-electron chi connectivity index (χ2n) is 5.80. The van der Waals surface area contributed by atoms with Gasteiger partial charge in [0.2, 0.25) is 0 Å². The first-order chi connectivity index (χ1) is 10.5.